The number of amides is 1. The van der Waals surface area contributed by atoms with Gasteiger partial charge in [-0.2, -0.15) is 0 Å². The van der Waals surface area contributed by atoms with Gasteiger partial charge in [-0.3, -0.25) is 4.79 Å². The summed E-state index contributed by atoms with van der Waals surface area (Å²) in [6, 6.07) is 7.78. The maximum atomic E-state index is 11.9. The van der Waals surface area contributed by atoms with Gasteiger partial charge in [0.1, 0.15) is 11.9 Å². The van der Waals surface area contributed by atoms with Gasteiger partial charge in [-0.15, -0.1) is 0 Å². The average molecular weight is 263 g/mol. The van der Waals surface area contributed by atoms with Crippen molar-refractivity contribution < 1.29 is 14.3 Å². The highest BCUT2D eigenvalue weighted by Crippen LogP contribution is 2.19. The van der Waals surface area contributed by atoms with Crippen molar-refractivity contribution in [2.24, 2.45) is 0 Å². The lowest BCUT2D eigenvalue weighted by atomic mass is 10.1. The molecule has 0 radical (unpaired) electrons. The molecule has 0 unspecified atom stereocenters. The highest BCUT2D eigenvalue weighted by Gasteiger charge is 2.24. The molecule has 1 aliphatic heterocycles. The molecule has 4 heteroatoms. The molecular weight excluding hydrogens is 242 g/mol. The first-order valence-corrected chi connectivity index (χ1v) is 6.85. The summed E-state index contributed by atoms with van der Waals surface area (Å²) in [5, 5.41) is 2.98. The molecule has 19 heavy (non-hydrogen) atoms. The van der Waals surface area contributed by atoms with E-state index in [-0.39, 0.29) is 18.1 Å². The van der Waals surface area contributed by atoms with Crippen molar-refractivity contribution in [2.75, 3.05) is 13.2 Å². The fourth-order valence-corrected chi connectivity index (χ4v) is 2.19. The first kappa shape index (κ1) is 13.9. The molecule has 0 bridgehead atoms. The number of ether oxygens (including phenoxy) is 2. The number of hydrogen-bond donors (Lipinski definition) is 1. The van der Waals surface area contributed by atoms with Crippen LogP contribution in [0.15, 0.2) is 24.3 Å². The highest BCUT2D eigenvalue weighted by atomic mass is 16.5. The minimum atomic E-state index is -0.273. The van der Waals surface area contributed by atoms with Gasteiger partial charge in [0, 0.05) is 6.61 Å². The molecule has 0 spiro atoms. The van der Waals surface area contributed by atoms with Crippen molar-refractivity contribution in [3.63, 3.8) is 0 Å². The smallest absolute Gasteiger partial charge is 0.249 e. The summed E-state index contributed by atoms with van der Waals surface area (Å²) in [5.74, 6) is 0.836. The standard InChI is InChI=1S/C15H21NO3/c1-3-18-13-8-6-12(7-9-13)11(2)16-15(17)14-5-4-10-19-14/h6-9,11,14H,3-5,10H2,1-2H3,(H,16,17)/t11-,14+/m1/s1. The molecule has 1 aliphatic rings. The van der Waals surface area contributed by atoms with E-state index in [9.17, 15) is 4.79 Å². The Kier molecular flexibility index (Phi) is 4.80. The van der Waals surface area contributed by atoms with Crippen LogP contribution in [0, 0.1) is 0 Å². The van der Waals surface area contributed by atoms with Gasteiger partial charge < -0.3 is 14.8 Å². The first-order chi connectivity index (χ1) is 9.20. The summed E-state index contributed by atoms with van der Waals surface area (Å²) in [7, 11) is 0. The van der Waals surface area contributed by atoms with E-state index >= 15 is 0 Å². The summed E-state index contributed by atoms with van der Waals surface area (Å²) in [5.41, 5.74) is 1.06. The Morgan fingerprint density at radius 3 is 2.79 bits per heavy atom. The Bertz CT molecular complexity index is 410. The van der Waals surface area contributed by atoms with E-state index in [4.69, 9.17) is 9.47 Å². The molecule has 104 valence electrons. The second-order valence-corrected chi connectivity index (χ2v) is 4.73. The van der Waals surface area contributed by atoms with Gasteiger partial charge >= 0.3 is 0 Å². The average Bonchev–Trinajstić information content (AvgIpc) is 2.94. The van der Waals surface area contributed by atoms with Crippen LogP contribution >= 0.6 is 0 Å². The van der Waals surface area contributed by atoms with Crippen molar-refractivity contribution >= 4 is 5.91 Å². The molecule has 1 fully saturated rings. The molecule has 2 rings (SSSR count). The summed E-state index contributed by atoms with van der Waals surface area (Å²) < 4.78 is 10.8. The number of carbonyl (C=O) groups is 1. The second kappa shape index (κ2) is 6.57. The Labute approximate surface area is 114 Å². The van der Waals surface area contributed by atoms with E-state index in [1.165, 1.54) is 0 Å². The fraction of sp³-hybridized carbons (Fsp3) is 0.533. The molecule has 1 amide bonds. The predicted molar refractivity (Wildman–Crippen MR) is 73.1 cm³/mol. The number of hydrogen-bond acceptors (Lipinski definition) is 3. The van der Waals surface area contributed by atoms with Crippen molar-refractivity contribution in [3.8, 4) is 5.75 Å². The predicted octanol–water partition coefficient (Wildman–Crippen LogP) is 2.44. The van der Waals surface area contributed by atoms with Gasteiger partial charge in [0.25, 0.3) is 0 Å². The van der Waals surface area contributed by atoms with E-state index in [1.807, 2.05) is 38.1 Å². The van der Waals surface area contributed by atoms with Crippen LogP contribution in [-0.2, 0) is 9.53 Å². The molecule has 0 aromatic heterocycles. The van der Waals surface area contributed by atoms with E-state index in [0.717, 1.165) is 24.2 Å². The number of rotatable bonds is 5. The van der Waals surface area contributed by atoms with Gasteiger partial charge in [-0.05, 0) is 44.4 Å². The van der Waals surface area contributed by atoms with Crippen LogP contribution in [0.3, 0.4) is 0 Å². The monoisotopic (exact) mass is 263 g/mol. The third-order valence-electron chi connectivity index (χ3n) is 3.27. The summed E-state index contributed by atoms with van der Waals surface area (Å²) in [6.07, 6.45) is 1.52. The van der Waals surface area contributed by atoms with Crippen LogP contribution in [0.25, 0.3) is 0 Å². The van der Waals surface area contributed by atoms with Gasteiger partial charge in [0.2, 0.25) is 5.91 Å². The van der Waals surface area contributed by atoms with Crippen LogP contribution in [0.2, 0.25) is 0 Å². The number of carbonyl (C=O) groups excluding carboxylic acids is 1. The van der Waals surface area contributed by atoms with Crippen molar-refractivity contribution in [3.05, 3.63) is 29.8 Å². The molecule has 2 atom stereocenters. The van der Waals surface area contributed by atoms with Gasteiger partial charge in [-0.1, -0.05) is 12.1 Å². The minimum absolute atomic E-state index is 0.0149. The Morgan fingerprint density at radius 2 is 2.21 bits per heavy atom. The zero-order chi connectivity index (χ0) is 13.7. The molecule has 0 saturated carbocycles. The summed E-state index contributed by atoms with van der Waals surface area (Å²) >= 11 is 0. The maximum absolute atomic E-state index is 11.9. The van der Waals surface area contributed by atoms with Gasteiger partial charge in [-0.25, -0.2) is 0 Å². The SMILES string of the molecule is CCOc1ccc([C@@H](C)NC(=O)[C@@H]2CCCO2)cc1. The van der Waals surface area contributed by atoms with Crippen LogP contribution in [0.4, 0.5) is 0 Å². The van der Waals surface area contributed by atoms with Gasteiger partial charge in [0.05, 0.1) is 12.6 Å². The Morgan fingerprint density at radius 1 is 1.47 bits per heavy atom. The van der Waals surface area contributed by atoms with Crippen LogP contribution in [-0.4, -0.2) is 25.2 Å². The number of nitrogens with one attached hydrogen (secondary N) is 1. The molecule has 1 saturated heterocycles. The molecule has 1 heterocycles. The first-order valence-electron chi connectivity index (χ1n) is 6.85. The molecule has 1 aromatic rings. The summed E-state index contributed by atoms with van der Waals surface area (Å²) in [6.45, 7) is 5.28. The number of benzene rings is 1. The lowest BCUT2D eigenvalue weighted by molar-refractivity contribution is -0.130. The van der Waals surface area contributed by atoms with E-state index in [0.29, 0.717) is 13.2 Å². The zero-order valence-corrected chi connectivity index (χ0v) is 11.5. The van der Waals surface area contributed by atoms with Crippen LogP contribution in [0.1, 0.15) is 38.3 Å². The van der Waals surface area contributed by atoms with Crippen molar-refractivity contribution in [2.45, 2.75) is 38.8 Å². The van der Waals surface area contributed by atoms with Gasteiger partial charge in [0.15, 0.2) is 0 Å². The fourth-order valence-electron chi connectivity index (χ4n) is 2.19. The Hall–Kier alpha value is -1.55. The quantitative estimate of drug-likeness (QED) is 0.887. The molecule has 1 aromatic carbocycles. The zero-order valence-electron chi connectivity index (χ0n) is 11.5. The Balaban J connectivity index is 1.91. The third kappa shape index (κ3) is 3.70. The van der Waals surface area contributed by atoms with E-state index < -0.39 is 0 Å². The van der Waals surface area contributed by atoms with Crippen molar-refractivity contribution in [1.29, 1.82) is 0 Å². The molecule has 4 nitrogen and oxygen atoms in total. The lowest BCUT2D eigenvalue weighted by Crippen LogP contribution is -2.35. The maximum Gasteiger partial charge on any atom is 0.249 e. The largest absolute Gasteiger partial charge is 0.494 e. The van der Waals surface area contributed by atoms with E-state index in [1.54, 1.807) is 0 Å². The molecular formula is C15H21NO3. The normalized spacial score (nSPS) is 20.0. The topological polar surface area (TPSA) is 47.6 Å². The minimum Gasteiger partial charge on any atom is -0.494 e. The van der Waals surface area contributed by atoms with Crippen LogP contribution in [0.5, 0.6) is 5.75 Å². The molecule has 0 aliphatic carbocycles. The highest BCUT2D eigenvalue weighted by molar-refractivity contribution is 5.81. The lowest BCUT2D eigenvalue weighted by Gasteiger charge is -2.17. The summed E-state index contributed by atoms with van der Waals surface area (Å²) in [4.78, 5) is 11.9. The van der Waals surface area contributed by atoms with Crippen LogP contribution < -0.4 is 10.1 Å². The molecule has 1 N–H and O–H groups in total. The third-order valence-corrected chi connectivity index (χ3v) is 3.27. The van der Waals surface area contributed by atoms with Crippen molar-refractivity contribution in [1.82, 2.24) is 5.32 Å². The second-order valence-electron chi connectivity index (χ2n) is 4.73. The van der Waals surface area contributed by atoms with E-state index in [2.05, 4.69) is 5.32 Å².